The van der Waals surface area contributed by atoms with E-state index in [0.717, 1.165) is 23.4 Å². The Morgan fingerprint density at radius 2 is 2.22 bits per heavy atom. The van der Waals surface area contributed by atoms with Crippen molar-refractivity contribution in [2.75, 3.05) is 5.75 Å². The van der Waals surface area contributed by atoms with Crippen molar-refractivity contribution in [1.82, 2.24) is 14.8 Å². The van der Waals surface area contributed by atoms with Crippen LogP contribution in [0.5, 0.6) is 0 Å². The summed E-state index contributed by atoms with van der Waals surface area (Å²) in [5.41, 5.74) is 0.478. The number of rotatable bonds is 6. The molecule has 0 aliphatic heterocycles. The lowest BCUT2D eigenvalue weighted by atomic mass is 10.0. The van der Waals surface area contributed by atoms with Gasteiger partial charge in [0.05, 0.1) is 5.75 Å². The van der Waals surface area contributed by atoms with Crippen LogP contribution in [0.3, 0.4) is 0 Å². The highest BCUT2D eigenvalue weighted by Gasteiger charge is 2.54. The van der Waals surface area contributed by atoms with Crippen LogP contribution in [0.15, 0.2) is 5.16 Å². The third-order valence-electron chi connectivity index (χ3n) is 4.04. The number of nitrogens with zero attached hydrogens (tertiary/aromatic N) is 3. The highest BCUT2D eigenvalue weighted by Crippen LogP contribution is 2.62. The van der Waals surface area contributed by atoms with Gasteiger partial charge in [-0.3, -0.25) is 4.79 Å². The molecule has 0 saturated heterocycles. The second-order valence-corrected chi connectivity index (χ2v) is 6.38. The molecule has 5 nitrogen and oxygen atoms in total. The van der Waals surface area contributed by atoms with Crippen LogP contribution in [0.2, 0.25) is 0 Å². The lowest BCUT2D eigenvalue weighted by Crippen LogP contribution is -2.16. The molecule has 0 amide bonds. The van der Waals surface area contributed by atoms with E-state index < -0.39 is 5.97 Å². The van der Waals surface area contributed by atoms with Crippen LogP contribution in [0.1, 0.15) is 31.5 Å². The van der Waals surface area contributed by atoms with Gasteiger partial charge in [-0.15, -0.1) is 10.2 Å². The highest BCUT2D eigenvalue weighted by molar-refractivity contribution is 7.99. The van der Waals surface area contributed by atoms with Crippen LogP contribution >= 0.6 is 11.8 Å². The fourth-order valence-corrected chi connectivity index (χ4v) is 3.35. The quantitative estimate of drug-likeness (QED) is 0.798. The summed E-state index contributed by atoms with van der Waals surface area (Å²) in [6.45, 7) is 2.92. The maximum atomic E-state index is 10.6. The lowest BCUT2D eigenvalue weighted by molar-refractivity contribution is -0.133. The number of carboxylic acids is 1. The number of aryl methyl sites for hydroxylation is 1. The number of aromatic nitrogens is 3. The monoisotopic (exact) mass is 267 g/mol. The predicted molar refractivity (Wildman–Crippen MR) is 67.5 cm³/mol. The number of hydrogen-bond acceptors (Lipinski definition) is 4. The van der Waals surface area contributed by atoms with Gasteiger partial charge in [0.25, 0.3) is 0 Å². The SMILES string of the molecule is Cc1nnc(SCC(=O)O)n1CC1(C2CC2)CC1. The van der Waals surface area contributed by atoms with Crippen molar-refractivity contribution >= 4 is 17.7 Å². The number of carboxylic acid groups (broad SMARTS) is 1. The summed E-state index contributed by atoms with van der Waals surface area (Å²) in [6, 6.07) is 0. The van der Waals surface area contributed by atoms with Crippen LogP contribution in [-0.2, 0) is 11.3 Å². The zero-order chi connectivity index (χ0) is 12.8. The van der Waals surface area contributed by atoms with E-state index >= 15 is 0 Å². The van der Waals surface area contributed by atoms with Crippen LogP contribution in [-0.4, -0.2) is 31.6 Å². The molecular formula is C12H17N3O2S. The number of hydrogen-bond donors (Lipinski definition) is 1. The van der Waals surface area contributed by atoms with Gasteiger partial charge < -0.3 is 9.67 Å². The minimum Gasteiger partial charge on any atom is -0.481 e. The van der Waals surface area contributed by atoms with Crippen LogP contribution in [0, 0.1) is 18.3 Å². The first kappa shape index (κ1) is 12.0. The fraction of sp³-hybridized carbons (Fsp3) is 0.750. The molecular weight excluding hydrogens is 250 g/mol. The van der Waals surface area contributed by atoms with Gasteiger partial charge in [-0.2, -0.15) is 0 Å². The van der Waals surface area contributed by atoms with E-state index in [9.17, 15) is 4.79 Å². The second kappa shape index (κ2) is 4.26. The minimum absolute atomic E-state index is 0.0502. The topological polar surface area (TPSA) is 68.0 Å². The molecule has 2 fully saturated rings. The van der Waals surface area contributed by atoms with Crippen LogP contribution in [0.4, 0.5) is 0 Å². The molecule has 2 saturated carbocycles. The van der Waals surface area contributed by atoms with Crippen molar-refractivity contribution in [3.63, 3.8) is 0 Å². The zero-order valence-electron chi connectivity index (χ0n) is 10.4. The molecule has 2 aliphatic carbocycles. The van der Waals surface area contributed by atoms with Crippen molar-refractivity contribution in [2.45, 2.75) is 44.3 Å². The summed E-state index contributed by atoms with van der Waals surface area (Å²) in [7, 11) is 0. The van der Waals surface area contributed by atoms with Crippen molar-refractivity contribution in [1.29, 1.82) is 0 Å². The molecule has 18 heavy (non-hydrogen) atoms. The molecule has 3 rings (SSSR count). The summed E-state index contributed by atoms with van der Waals surface area (Å²) in [4.78, 5) is 10.6. The lowest BCUT2D eigenvalue weighted by Gasteiger charge is -2.17. The largest absolute Gasteiger partial charge is 0.481 e. The normalized spacial score (nSPS) is 20.9. The van der Waals surface area contributed by atoms with Gasteiger partial charge in [-0.1, -0.05) is 11.8 Å². The third kappa shape index (κ3) is 2.25. The molecule has 98 valence electrons. The molecule has 1 aromatic rings. The Kier molecular flexibility index (Phi) is 2.84. The van der Waals surface area contributed by atoms with Gasteiger partial charge in [0.1, 0.15) is 5.82 Å². The summed E-state index contributed by atoms with van der Waals surface area (Å²) in [6.07, 6.45) is 5.33. The molecule has 0 spiro atoms. The predicted octanol–water partition coefficient (Wildman–Crippen LogP) is 1.95. The van der Waals surface area contributed by atoms with E-state index in [1.54, 1.807) is 0 Å². The van der Waals surface area contributed by atoms with E-state index in [0.29, 0.717) is 5.41 Å². The summed E-state index contributed by atoms with van der Waals surface area (Å²) in [5, 5.41) is 17.7. The zero-order valence-corrected chi connectivity index (χ0v) is 11.2. The van der Waals surface area contributed by atoms with Gasteiger partial charge >= 0.3 is 5.97 Å². The van der Waals surface area contributed by atoms with E-state index in [-0.39, 0.29) is 5.75 Å². The van der Waals surface area contributed by atoms with Gasteiger partial charge in [-0.05, 0) is 43.9 Å². The van der Waals surface area contributed by atoms with E-state index in [1.165, 1.54) is 37.4 Å². The number of carbonyl (C=O) groups is 1. The Morgan fingerprint density at radius 1 is 1.50 bits per heavy atom. The Bertz CT molecular complexity index is 478. The maximum Gasteiger partial charge on any atom is 0.313 e. The Labute approximate surface area is 110 Å². The van der Waals surface area contributed by atoms with E-state index in [2.05, 4.69) is 14.8 Å². The molecule has 1 N–H and O–H groups in total. The first-order chi connectivity index (χ1) is 8.61. The minimum atomic E-state index is -0.810. The first-order valence-electron chi connectivity index (χ1n) is 6.35. The summed E-state index contributed by atoms with van der Waals surface area (Å²) < 4.78 is 2.11. The second-order valence-electron chi connectivity index (χ2n) is 5.43. The molecule has 0 radical (unpaired) electrons. The van der Waals surface area contributed by atoms with Crippen molar-refractivity contribution < 1.29 is 9.90 Å². The molecule has 0 unspecified atom stereocenters. The van der Waals surface area contributed by atoms with Crippen LogP contribution < -0.4 is 0 Å². The Balaban J connectivity index is 1.74. The Hall–Kier alpha value is -1.04. The average molecular weight is 267 g/mol. The number of thioether (sulfide) groups is 1. The average Bonchev–Trinajstić information content (AvgIpc) is 3.19. The van der Waals surface area contributed by atoms with Gasteiger partial charge in [-0.25, -0.2) is 0 Å². The van der Waals surface area contributed by atoms with Crippen molar-refractivity contribution in [2.24, 2.45) is 11.3 Å². The van der Waals surface area contributed by atoms with Gasteiger partial charge in [0.2, 0.25) is 0 Å². The molecule has 6 heteroatoms. The fourth-order valence-electron chi connectivity index (χ4n) is 2.64. The van der Waals surface area contributed by atoms with Crippen LogP contribution in [0.25, 0.3) is 0 Å². The van der Waals surface area contributed by atoms with Crippen molar-refractivity contribution in [3.8, 4) is 0 Å². The molecule has 0 aromatic carbocycles. The standard InChI is InChI=1S/C12H17N3O2S/c1-8-13-14-11(18-6-10(16)17)15(8)7-12(4-5-12)9-2-3-9/h9H,2-7H2,1H3,(H,16,17). The van der Waals surface area contributed by atoms with E-state index in [1.807, 2.05) is 6.92 Å². The van der Waals surface area contributed by atoms with Gasteiger partial charge in [0, 0.05) is 6.54 Å². The third-order valence-corrected chi connectivity index (χ3v) is 4.99. The molecule has 0 atom stereocenters. The highest BCUT2D eigenvalue weighted by atomic mass is 32.2. The smallest absolute Gasteiger partial charge is 0.313 e. The molecule has 0 bridgehead atoms. The summed E-state index contributed by atoms with van der Waals surface area (Å²) >= 11 is 1.27. The summed E-state index contributed by atoms with van der Waals surface area (Å²) in [5.74, 6) is 1.02. The van der Waals surface area contributed by atoms with E-state index in [4.69, 9.17) is 5.11 Å². The molecule has 1 aromatic heterocycles. The first-order valence-corrected chi connectivity index (χ1v) is 7.34. The molecule has 2 aliphatic rings. The maximum absolute atomic E-state index is 10.6. The van der Waals surface area contributed by atoms with Crippen molar-refractivity contribution in [3.05, 3.63) is 5.82 Å². The Morgan fingerprint density at radius 3 is 2.78 bits per heavy atom. The number of aliphatic carboxylic acids is 1. The molecule has 1 heterocycles. The van der Waals surface area contributed by atoms with Gasteiger partial charge in [0.15, 0.2) is 5.16 Å².